The number of alkyl halides is 3. The number of unbranched alkanes of at least 4 members (excludes halogenated alkanes) is 1. The Bertz CT molecular complexity index is 1030. The van der Waals surface area contributed by atoms with Crippen molar-refractivity contribution in [2.24, 2.45) is 11.8 Å². The Morgan fingerprint density at radius 1 is 0.909 bits per heavy atom. The van der Waals surface area contributed by atoms with E-state index in [1.165, 1.54) is 6.07 Å². The maximum Gasteiger partial charge on any atom is 0.422 e. The quantitative estimate of drug-likeness (QED) is 0.311. The van der Waals surface area contributed by atoms with Gasteiger partial charge < -0.3 is 0 Å². The smallest absolute Gasteiger partial charge is 0.207 e. The van der Waals surface area contributed by atoms with E-state index in [1.807, 2.05) is 19.1 Å². The zero-order valence-corrected chi connectivity index (χ0v) is 18.2. The van der Waals surface area contributed by atoms with Crippen molar-refractivity contribution in [1.82, 2.24) is 0 Å². The minimum Gasteiger partial charge on any atom is -0.207 e. The lowest BCUT2D eigenvalue weighted by Crippen LogP contribution is -2.35. The lowest BCUT2D eigenvalue weighted by molar-refractivity contribution is -0.142. The Morgan fingerprint density at radius 2 is 1.61 bits per heavy atom. The number of allylic oxidation sites excluding steroid dienone is 2. The van der Waals surface area contributed by atoms with Crippen LogP contribution >= 0.6 is 0 Å². The third-order valence-electron chi connectivity index (χ3n) is 7.14. The summed E-state index contributed by atoms with van der Waals surface area (Å²) in [7, 11) is 0. The molecular weight excluding hydrogens is 445 g/mol. The topological polar surface area (TPSA) is 0 Å². The lowest BCUT2D eigenvalue weighted by Gasteiger charge is -2.46. The first kappa shape index (κ1) is 23.8. The predicted molar refractivity (Wildman–Crippen MR) is 112 cm³/mol. The highest BCUT2D eigenvalue weighted by Gasteiger charge is 2.44. The molecule has 0 unspecified atom stereocenters. The largest absolute Gasteiger partial charge is 0.422 e. The Labute approximate surface area is 188 Å². The standard InChI is InChI=1S/C26H25F7/c1-2-3-4-5-14-6-7-17-19(9-8-18-20(17)12-16(27)13-21(18)28)24(14)15-10-22(29)25(23(30)11-15)26(31,32)33/h4-5,10-14,17,19,24H,2-3,6-9H2,1H3/b5-4+/t14-,17-,19+,24-/m1/s1. The first-order valence-electron chi connectivity index (χ1n) is 11.3. The van der Waals surface area contributed by atoms with Crippen LogP contribution in [0.5, 0.6) is 0 Å². The van der Waals surface area contributed by atoms with Crippen molar-refractivity contribution in [3.63, 3.8) is 0 Å². The molecule has 178 valence electrons. The highest BCUT2D eigenvalue weighted by atomic mass is 19.4. The molecule has 7 heteroatoms. The number of benzene rings is 2. The maximum atomic E-state index is 14.5. The van der Waals surface area contributed by atoms with Crippen molar-refractivity contribution in [1.29, 1.82) is 0 Å². The van der Waals surface area contributed by atoms with Crippen LogP contribution in [0.4, 0.5) is 30.7 Å². The van der Waals surface area contributed by atoms with Crippen LogP contribution in [0.15, 0.2) is 36.4 Å². The van der Waals surface area contributed by atoms with Gasteiger partial charge in [-0.25, -0.2) is 17.6 Å². The second-order valence-electron chi connectivity index (χ2n) is 9.11. The molecule has 2 aromatic rings. The number of hydrogen-bond acceptors (Lipinski definition) is 0. The van der Waals surface area contributed by atoms with Crippen molar-refractivity contribution in [3.05, 3.63) is 81.9 Å². The first-order chi connectivity index (χ1) is 15.6. The number of rotatable bonds is 4. The van der Waals surface area contributed by atoms with E-state index in [1.54, 1.807) is 0 Å². The average molecular weight is 470 g/mol. The Morgan fingerprint density at radius 3 is 2.24 bits per heavy atom. The molecule has 1 saturated carbocycles. The second kappa shape index (κ2) is 9.15. The minimum atomic E-state index is -5.14. The molecule has 33 heavy (non-hydrogen) atoms. The fraction of sp³-hybridized carbons (Fsp3) is 0.462. The van der Waals surface area contributed by atoms with Gasteiger partial charge in [-0.15, -0.1) is 0 Å². The molecule has 2 aliphatic rings. The number of fused-ring (bicyclic) bond motifs is 3. The van der Waals surface area contributed by atoms with Gasteiger partial charge in [-0.3, -0.25) is 0 Å². The van der Waals surface area contributed by atoms with Crippen LogP contribution in [0.25, 0.3) is 0 Å². The fourth-order valence-corrected chi connectivity index (χ4v) is 5.83. The molecule has 0 amide bonds. The summed E-state index contributed by atoms with van der Waals surface area (Å²) >= 11 is 0. The molecule has 0 nitrogen and oxygen atoms in total. The molecule has 4 atom stereocenters. The van der Waals surface area contributed by atoms with Gasteiger partial charge in [-0.05, 0) is 90.7 Å². The molecule has 0 saturated heterocycles. The van der Waals surface area contributed by atoms with Crippen molar-refractivity contribution in [2.75, 3.05) is 0 Å². The van der Waals surface area contributed by atoms with Gasteiger partial charge in [0.1, 0.15) is 28.8 Å². The SMILES string of the molecule is CCC/C=C/[C@@H]1CC[C@H]2c3cc(F)cc(F)c3CC[C@@H]2[C@H]1c1cc(F)c(C(F)(F)F)c(F)c1. The number of hydrogen-bond donors (Lipinski definition) is 0. The summed E-state index contributed by atoms with van der Waals surface area (Å²) in [6, 6.07) is 3.77. The van der Waals surface area contributed by atoms with Gasteiger partial charge in [0.15, 0.2) is 0 Å². The van der Waals surface area contributed by atoms with Crippen LogP contribution in [0.3, 0.4) is 0 Å². The molecule has 0 aliphatic heterocycles. The Hall–Kier alpha value is -2.31. The molecule has 0 heterocycles. The highest BCUT2D eigenvalue weighted by molar-refractivity contribution is 5.39. The van der Waals surface area contributed by atoms with Crippen molar-refractivity contribution in [2.45, 2.75) is 63.5 Å². The van der Waals surface area contributed by atoms with Crippen LogP contribution in [0.2, 0.25) is 0 Å². The molecule has 0 radical (unpaired) electrons. The van der Waals surface area contributed by atoms with Gasteiger partial charge in [-0.2, -0.15) is 13.2 Å². The van der Waals surface area contributed by atoms with Crippen LogP contribution in [-0.4, -0.2) is 0 Å². The van der Waals surface area contributed by atoms with E-state index < -0.39 is 40.9 Å². The molecule has 4 rings (SSSR count). The Kier molecular flexibility index (Phi) is 6.61. The van der Waals surface area contributed by atoms with Gasteiger partial charge in [0.25, 0.3) is 0 Å². The van der Waals surface area contributed by atoms with Crippen molar-refractivity contribution < 1.29 is 30.7 Å². The molecule has 2 aliphatic carbocycles. The van der Waals surface area contributed by atoms with Crippen molar-refractivity contribution in [3.8, 4) is 0 Å². The van der Waals surface area contributed by atoms with Gasteiger partial charge in [-0.1, -0.05) is 25.5 Å². The zero-order chi connectivity index (χ0) is 23.9. The summed E-state index contributed by atoms with van der Waals surface area (Å²) in [5.41, 5.74) is -0.701. The van der Waals surface area contributed by atoms with E-state index in [9.17, 15) is 30.7 Å². The van der Waals surface area contributed by atoms with E-state index in [-0.39, 0.29) is 23.3 Å². The van der Waals surface area contributed by atoms with E-state index >= 15 is 0 Å². The van der Waals surface area contributed by atoms with Gasteiger partial charge in [0, 0.05) is 6.07 Å². The van der Waals surface area contributed by atoms with E-state index in [0.29, 0.717) is 36.8 Å². The number of halogens is 7. The molecule has 0 N–H and O–H groups in total. The first-order valence-corrected chi connectivity index (χ1v) is 11.3. The summed E-state index contributed by atoms with van der Waals surface area (Å²) in [6.45, 7) is 2.01. The fourth-order valence-electron chi connectivity index (χ4n) is 5.83. The van der Waals surface area contributed by atoms with Crippen LogP contribution in [0.1, 0.15) is 73.1 Å². The monoisotopic (exact) mass is 470 g/mol. The molecule has 0 spiro atoms. The summed E-state index contributed by atoms with van der Waals surface area (Å²) in [4.78, 5) is 0. The normalized spacial score (nSPS) is 25.2. The van der Waals surface area contributed by atoms with Crippen LogP contribution in [0, 0.1) is 35.1 Å². The molecule has 2 aromatic carbocycles. The predicted octanol–water partition coefficient (Wildman–Crippen LogP) is 8.46. The summed E-state index contributed by atoms with van der Waals surface area (Å²) in [5.74, 6) is -5.56. The van der Waals surface area contributed by atoms with Gasteiger partial charge in [0.05, 0.1) is 0 Å². The van der Waals surface area contributed by atoms with E-state index in [0.717, 1.165) is 31.0 Å². The average Bonchev–Trinajstić information content (AvgIpc) is 2.71. The van der Waals surface area contributed by atoms with Crippen molar-refractivity contribution >= 4 is 0 Å². The summed E-state index contributed by atoms with van der Waals surface area (Å²) < 4.78 is 96.7. The molecule has 0 bridgehead atoms. The minimum absolute atomic E-state index is 0.131. The highest BCUT2D eigenvalue weighted by Crippen LogP contribution is 2.55. The summed E-state index contributed by atoms with van der Waals surface area (Å²) in [5, 5.41) is 0. The molecule has 1 fully saturated rings. The third kappa shape index (κ3) is 4.56. The summed E-state index contributed by atoms with van der Waals surface area (Å²) in [6.07, 6.45) is 2.66. The molecule has 0 aromatic heterocycles. The third-order valence-corrected chi connectivity index (χ3v) is 7.14. The van der Waals surface area contributed by atoms with E-state index in [4.69, 9.17) is 0 Å². The van der Waals surface area contributed by atoms with Crippen LogP contribution < -0.4 is 0 Å². The van der Waals surface area contributed by atoms with Gasteiger partial charge in [0.2, 0.25) is 0 Å². The Balaban J connectivity index is 1.80. The molecular formula is C26H25F7. The second-order valence-corrected chi connectivity index (χ2v) is 9.11. The van der Waals surface area contributed by atoms with Crippen LogP contribution in [-0.2, 0) is 12.6 Å². The maximum absolute atomic E-state index is 14.5. The lowest BCUT2D eigenvalue weighted by atomic mass is 9.58. The van der Waals surface area contributed by atoms with E-state index in [2.05, 4.69) is 0 Å². The van der Waals surface area contributed by atoms with Gasteiger partial charge >= 0.3 is 6.18 Å². The zero-order valence-electron chi connectivity index (χ0n) is 18.2.